The molecule has 2 aromatic rings. The predicted octanol–water partition coefficient (Wildman–Crippen LogP) is 2.42. The Bertz CT molecular complexity index is 684. The first-order valence-electron chi connectivity index (χ1n) is 7.33. The number of amides is 1. The van der Waals surface area contributed by atoms with Gasteiger partial charge < -0.3 is 10.1 Å². The smallest absolute Gasteiger partial charge is 0.258 e. The maximum atomic E-state index is 12.0. The number of hydrogen-bond acceptors (Lipinski definition) is 3. The highest BCUT2D eigenvalue weighted by Crippen LogP contribution is 2.23. The fourth-order valence-corrected chi connectivity index (χ4v) is 2.95. The van der Waals surface area contributed by atoms with Gasteiger partial charge >= 0.3 is 0 Å². The van der Waals surface area contributed by atoms with Gasteiger partial charge in [-0.05, 0) is 37.5 Å². The topological polar surface area (TPSA) is 67.0 Å². The van der Waals surface area contributed by atoms with Gasteiger partial charge in [0.2, 0.25) is 0 Å². The second-order valence-corrected chi connectivity index (χ2v) is 5.91. The zero-order valence-electron chi connectivity index (χ0n) is 12.4. The lowest BCUT2D eigenvalue weighted by molar-refractivity contribution is -0.123. The molecule has 1 aromatic carbocycles. The first-order valence-corrected chi connectivity index (χ1v) is 7.70. The number of H-pyrrole nitrogens is 1. The van der Waals surface area contributed by atoms with Gasteiger partial charge in [0.15, 0.2) is 6.61 Å². The fourth-order valence-electron chi connectivity index (χ4n) is 2.76. The molecular weight excluding hydrogens is 302 g/mol. The van der Waals surface area contributed by atoms with Crippen molar-refractivity contribution in [2.24, 2.45) is 0 Å². The van der Waals surface area contributed by atoms with Crippen LogP contribution in [0.5, 0.6) is 5.75 Å². The Morgan fingerprint density at radius 2 is 2.32 bits per heavy atom. The number of nitrogens with one attached hydrogen (secondary N) is 2. The molecule has 5 nitrogen and oxygen atoms in total. The minimum Gasteiger partial charge on any atom is -0.482 e. The van der Waals surface area contributed by atoms with E-state index in [1.54, 1.807) is 12.1 Å². The van der Waals surface area contributed by atoms with E-state index in [2.05, 4.69) is 15.5 Å². The van der Waals surface area contributed by atoms with Gasteiger partial charge in [-0.3, -0.25) is 9.89 Å². The van der Waals surface area contributed by atoms with Gasteiger partial charge in [-0.2, -0.15) is 5.10 Å². The lowest BCUT2D eigenvalue weighted by Gasteiger charge is -2.22. The van der Waals surface area contributed by atoms with Crippen molar-refractivity contribution in [3.8, 4) is 5.75 Å². The van der Waals surface area contributed by atoms with Crippen LogP contribution >= 0.6 is 11.6 Å². The van der Waals surface area contributed by atoms with Crippen molar-refractivity contribution in [2.75, 3.05) is 6.61 Å². The van der Waals surface area contributed by atoms with Gasteiger partial charge in [-0.25, -0.2) is 0 Å². The minimum absolute atomic E-state index is 0.0350. The largest absolute Gasteiger partial charge is 0.482 e. The van der Waals surface area contributed by atoms with Crippen LogP contribution in [0.2, 0.25) is 5.02 Å². The van der Waals surface area contributed by atoms with Crippen LogP contribution in [0.1, 0.15) is 23.4 Å². The number of ether oxygens (including phenoxy) is 1. The average Bonchev–Trinajstić information content (AvgIpc) is 2.87. The van der Waals surface area contributed by atoms with Crippen molar-refractivity contribution in [1.82, 2.24) is 15.5 Å². The van der Waals surface area contributed by atoms with Crippen LogP contribution in [0.4, 0.5) is 0 Å². The van der Waals surface area contributed by atoms with Crippen LogP contribution in [0.3, 0.4) is 0 Å². The number of aromatic amines is 1. The molecule has 0 aliphatic heterocycles. The van der Waals surface area contributed by atoms with Crippen LogP contribution in [0, 0.1) is 6.92 Å². The van der Waals surface area contributed by atoms with Crippen molar-refractivity contribution in [1.29, 1.82) is 0 Å². The molecule has 1 aromatic heterocycles. The Labute approximate surface area is 134 Å². The molecular formula is C16H18ClN3O2. The summed E-state index contributed by atoms with van der Waals surface area (Å²) in [6, 6.07) is 7.23. The van der Waals surface area contributed by atoms with E-state index in [0.717, 1.165) is 30.7 Å². The number of carbonyl (C=O) groups is 1. The standard InChI is InChI=1S/C16H18ClN3O2/c1-10-12-7-6-11(8-14(12)20-19-10)18-16(21)9-22-15-5-3-2-4-13(15)17/h2-5,11H,6-9H2,1H3,(H,18,21)(H,19,20). The van der Waals surface area contributed by atoms with E-state index in [1.165, 1.54) is 5.56 Å². The van der Waals surface area contributed by atoms with E-state index in [4.69, 9.17) is 16.3 Å². The van der Waals surface area contributed by atoms with Crippen molar-refractivity contribution < 1.29 is 9.53 Å². The Morgan fingerprint density at radius 1 is 1.50 bits per heavy atom. The number of benzene rings is 1. The van der Waals surface area contributed by atoms with Gasteiger partial charge in [0.1, 0.15) is 5.75 Å². The molecule has 1 aliphatic carbocycles. The Hall–Kier alpha value is -2.01. The summed E-state index contributed by atoms with van der Waals surface area (Å²) < 4.78 is 5.45. The summed E-state index contributed by atoms with van der Waals surface area (Å²) in [5.74, 6) is 0.383. The predicted molar refractivity (Wildman–Crippen MR) is 84.2 cm³/mol. The molecule has 1 heterocycles. The second kappa shape index (κ2) is 6.40. The zero-order valence-corrected chi connectivity index (χ0v) is 13.1. The molecule has 0 saturated heterocycles. The highest BCUT2D eigenvalue weighted by molar-refractivity contribution is 6.32. The molecule has 1 unspecified atom stereocenters. The van der Waals surface area contributed by atoms with Crippen LogP contribution < -0.4 is 10.1 Å². The first-order chi connectivity index (χ1) is 10.6. The number of para-hydroxylation sites is 1. The number of hydrogen-bond donors (Lipinski definition) is 2. The molecule has 3 rings (SSSR count). The molecule has 116 valence electrons. The molecule has 2 N–H and O–H groups in total. The highest BCUT2D eigenvalue weighted by atomic mass is 35.5. The molecule has 1 aliphatic rings. The maximum Gasteiger partial charge on any atom is 0.258 e. The minimum atomic E-state index is -0.138. The first kappa shape index (κ1) is 14.9. The monoisotopic (exact) mass is 319 g/mol. The van der Waals surface area contributed by atoms with Gasteiger partial charge in [0.25, 0.3) is 5.91 Å². The third-order valence-corrected chi connectivity index (χ3v) is 4.21. The second-order valence-electron chi connectivity index (χ2n) is 5.50. The number of rotatable bonds is 4. The molecule has 0 spiro atoms. The van der Waals surface area contributed by atoms with Crippen molar-refractivity contribution >= 4 is 17.5 Å². The van der Waals surface area contributed by atoms with Crippen molar-refractivity contribution in [3.63, 3.8) is 0 Å². The van der Waals surface area contributed by atoms with Gasteiger partial charge in [-0.1, -0.05) is 23.7 Å². The number of carbonyl (C=O) groups excluding carboxylic acids is 1. The van der Waals surface area contributed by atoms with Crippen LogP contribution in [-0.2, 0) is 17.6 Å². The average molecular weight is 320 g/mol. The van der Waals surface area contributed by atoms with E-state index in [9.17, 15) is 4.79 Å². The molecule has 0 bridgehead atoms. The lowest BCUT2D eigenvalue weighted by Crippen LogP contribution is -2.41. The number of nitrogens with zero attached hydrogens (tertiary/aromatic N) is 1. The van der Waals surface area contributed by atoms with Crippen LogP contribution in [0.25, 0.3) is 0 Å². The van der Waals surface area contributed by atoms with Crippen LogP contribution in [0.15, 0.2) is 24.3 Å². The summed E-state index contributed by atoms with van der Waals surface area (Å²) in [7, 11) is 0. The number of halogens is 1. The molecule has 6 heteroatoms. The number of aromatic nitrogens is 2. The summed E-state index contributed by atoms with van der Waals surface area (Å²) in [6.07, 6.45) is 2.62. The van der Waals surface area contributed by atoms with E-state index < -0.39 is 0 Å². The highest BCUT2D eigenvalue weighted by Gasteiger charge is 2.23. The van der Waals surface area contributed by atoms with E-state index in [1.807, 2.05) is 19.1 Å². The summed E-state index contributed by atoms with van der Waals surface area (Å²) >= 11 is 5.99. The van der Waals surface area contributed by atoms with Gasteiger partial charge in [0.05, 0.1) is 10.7 Å². The van der Waals surface area contributed by atoms with Crippen LogP contribution in [-0.4, -0.2) is 28.8 Å². The Balaban J connectivity index is 1.52. The summed E-state index contributed by atoms with van der Waals surface area (Å²) in [6.45, 7) is 1.99. The molecule has 22 heavy (non-hydrogen) atoms. The quantitative estimate of drug-likeness (QED) is 0.909. The Morgan fingerprint density at radius 3 is 3.14 bits per heavy atom. The molecule has 0 saturated carbocycles. The fraction of sp³-hybridized carbons (Fsp3) is 0.375. The van der Waals surface area contributed by atoms with E-state index in [-0.39, 0.29) is 18.6 Å². The Kier molecular flexibility index (Phi) is 4.34. The van der Waals surface area contributed by atoms with E-state index >= 15 is 0 Å². The molecule has 0 radical (unpaired) electrons. The molecule has 0 fully saturated rings. The normalized spacial score (nSPS) is 16.9. The number of fused-ring (bicyclic) bond motifs is 1. The third-order valence-electron chi connectivity index (χ3n) is 3.90. The third kappa shape index (κ3) is 3.25. The van der Waals surface area contributed by atoms with E-state index in [0.29, 0.717) is 10.8 Å². The van der Waals surface area contributed by atoms with Gasteiger partial charge in [0, 0.05) is 18.2 Å². The van der Waals surface area contributed by atoms with Gasteiger partial charge in [-0.15, -0.1) is 0 Å². The summed E-state index contributed by atoms with van der Waals surface area (Å²) in [4.78, 5) is 12.0. The number of aryl methyl sites for hydroxylation is 1. The summed E-state index contributed by atoms with van der Waals surface area (Å²) in [5.41, 5.74) is 3.47. The SMILES string of the molecule is Cc1[nH]nc2c1CCC(NC(=O)COc1ccccc1Cl)C2. The molecule has 1 amide bonds. The van der Waals surface area contributed by atoms with Crippen molar-refractivity contribution in [2.45, 2.75) is 32.2 Å². The molecule has 1 atom stereocenters. The van der Waals surface area contributed by atoms with Crippen molar-refractivity contribution in [3.05, 3.63) is 46.2 Å². The lowest BCUT2D eigenvalue weighted by atomic mass is 9.92. The zero-order chi connectivity index (χ0) is 15.5. The maximum absolute atomic E-state index is 12.0. The summed E-state index contributed by atoms with van der Waals surface area (Å²) in [5, 5.41) is 10.8.